The molecule has 3 aromatic rings. The van der Waals surface area contributed by atoms with Gasteiger partial charge in [0.1, 0.15) is 31.1 Å². The Kier molecular flexibility index (Phi) is 7.53. The largest absolute Gasteiger partial charge is 0.445 e. The number of anilines is 1. The summed E-state index contributed by atoms with van der Waals surface area (Å²) in [4.78, 5) is 26.8. The third-order valence-electron chi connectivity index (χ3n) is 7.61. The Hall–Kier alpha value is -2.91. The van der Waals surface area contributed by atoms with Crippen molar-refractivity contribution < 1.29 is 14.3 Å². The number of nitrogens with zero attached hydrogens (tertiary/aromatic N) is 5. The summed E-state index contributed by atoms with van der Waals surface area (Å²) in [5.41, 5.74) is 3.04. The average molecular weight is 522 g/mol. The van der Waals surface area contributed by atoms with Crippen LogP contribution in [-0.2, 0) is 22.8 Å². The third kappa shape index (κ3) is 5.67. The second kappa shape index (κ2) is 10.8. The van der Waals surface area contributed by atoms with Crippen molar-refractivity contribution in [3.8, 4) is 0 Å². The molecule has 8 nitrogen and oxygen atoms in total. The van der Waals surface area contributed by atoms with E-state index in [1.54, 1.807) is 6.33 Å². The van der Waals surface area contributed by atoms with Crippen LogP contribution in [0.25, 0.3) is 11.0 Å². The first-order chi connectivity index (χ1) is 17.8. The van der Waals surface area contributed by atoms with E-state index < -0.39 is 8.07 Å². The van der Waals surface area contributed by atoms with E-state index in [2.05, 4.69) is 47.1 Å². The number of carbonyl (C=O) groups excluding carboxylic acids is 1. The number of fused-ring (bicyclic) bond motifs is 2. The van der Waals surface area contributed by atoms with Crippen molar-refractivity contribution in [2.45, 2.75) is 77.3 Å². The molecule has 2 fully saturated rings. The summed E-state index contributed by atoms with van der Waals surface area (Å²) in [6, 6.07) is 13.5. The zero-order valence-electron chi connectivity index (χ0n) is 22.5. The zero-order chi connectivity index (χ0) is 26.0. The number of amides is 1. The predicted molar refractivity (Wildman–Crippen MR) is 148 cm³/mol. The maximum Gasteiger partial charge on any atom is 0.410 e. The van der Waals surface area contributed by atoms with Gasteiger partial charge < -0.3 is 23.8 Å². The Morgan fingerprint density at radius 2 is 1.89 bits per heavy atom. The second-order valence-corrected chi connectivity index (χ2v) is 17.1. The van der Waals surface area contributed by atoms with Gasteiger partial charge in [0.15, 0.2) is 0 Å². The van der Waals surface area contributed by atoms with Crippen molar-refractivity contribution in [2.24, 2.45) is 0 Å². The molecule has 1 amide bonds. The molecule has 2 unspecified atom stereocenters. The van der Waals surface area contributed by atoms with Gasteiger partial charge in [-0.15, -0.1) is 0 Å². The summed E-state index contributed by atoms with van der Waals surface area (Å²) < 4.78 is 13.9. The quantitative estimate of drug-likeness (QED) is 0.291. The van der Waals surface area contributed by atoms with Gasteiger partial charge in [0.2, 0.25) is 0 Å². The molecule has 0 spiro atoms. The smallest absolute Gasteiger partial charge is 0.410 e. The number of benzene rings is 1. The van der Waals surface area contributed by atoms with E-state index in [0.717, 1.165) is 73.1 Å². The average Bonchev–Trinajstić information content (AvgIpc) is 3.45. The van der Waals surface area contributed by atoms with E-state index in [1.165, 1.54) is 0 Å². The summed E-state index contributed by atoms with van der Waals surface area (Å²) >= 11 is 0. The van der Waals surface area contributed by atoms with E-state index in [-0.39, 0.29) is 18.2 Å². The summed E-state index contributed by atoms with van der Waals surface area (Å²) in [6.45, 7) is 12.4. The fourth-order valence-electron chi connectivity index (χ4n) is 5.58. The van der Waals surface area contributed by atoms with Gasteiger partial charge in [-0.3, -0.25) is 0 Å². The van der Waals surface area contributed by atoms with E-state index in [0.29, 0.717) is 13.3 Å². The van der Waals surface area contributed by atoms with E-state index in [4.69, 9.17) is 14.5 Å². The summed E-state index contributed by atoms with van der Waals surface area (Å²) in [5.74, 6) is 0.959. The van der Waals surface area contributed by atoms with Gasteiger partial charge in [0.05, 0.1) is 17.5 Å². The number of aryl methyl sites for hydroxylation is 1. The highest BCUT2D eigenvalue weighted by Gasteiger charge is 2.43. The van der Waals surface area contributed by atoms with Crippen LogP contribution in [0.4, 0.5) is 10.6 Å². The molecule has 198 valence electrons. The topological polar surface area (TPSA) is 72.7 Å². The molecule has 2 aliphatic heterocycles. The minimum absolute atomic E-state index is 0.134. The van der Waals surface area contributed by atoms with Crippen LogP contribution in [0.2, 0.25) is 25.7 Å². The van der Waals surface area contributed by atoms with Crippen LogP contribution in [-0.4, -0.2) is 65.4 Å². The fraction of sp³-hybridized carbons (Fsp3) is 0.536. The van der Waals surface area contributed by atoms with E-state index in [9.17, 15) is 4.79 Å². The van der Waals surface area contributed by atoms with Gasteiger partial charge >= 0.3 is 6.09 Å². The Bertz CT molecular complexity index is 1230. The lowest BCUT2D eigenvalue weighted by atomic mass is 9.97. The highest BCUT2D eigenvalue weighted by molar-refractivity contribution is 6.76. The lowest BCUT2D eigenvalue weighted by Gasteiger charge is -2.39. The normalized spacial score (nSPS) is 19.9. The molecule has 37 heavy (non-hydrogen) atoms. The standard InChI is InChI=1S/C28H39N5O3Si/c1-21-17-23-26(29-19-30-27(23)33(21)20-35-15-16-37(2,3)4)31-14-12-25-24(31)11-8-13-32(25)28(34)36-18-22-9-6-5-7-10-22/h5-7,9-10,17,19,24-25H,8,11-16,18,20H2,1-4H3. The molecular formula is C28H39N5O3Si. The first-order valence-corrected chi connectivity index (χ1v) is 17.1. The zero-order valence-corrected chi connectivity index (χ0v) is 23.5. The molecular weight excluding hydrogens is 482 g/mol. The molecule has 2 aromatic heterocycles. The first-order valence-electron chi connectivity index (χ1n) is 13.4. The molecule has 0 aliphatic carbocycles. The van der Waals surface area contributed by atoms with Crippen LogP contribution in [0.5, 0.6) is 0 Å². The van der Waals surface area contributed by atoms with Crippen LogP contribution in [0.1, 0.15) is 30.5 Å². The molecule has 4 heterocycles. The Morgan fingerprint density at radius 1 is 1.08 bits per heavy atom. The van der Waals surface area contributed by atoms with Gasteiger partial charge in [0.25, 0.3) is 0 Å². The lowest BCUT2D eigenvalue weighted by Crippen LogP contribution is -2.52. The molecule has 2 aliphatic rings. The van der Waals surface area contributed by atoms with Crippen LogP contribution < -0.4 is 4.90 Å². The van der Waals surface area contributed by atoms with Gasteiger partial charge in [-0.05, 0) is 43.9 Å². The molecule has 0 N–H and O–H groups in total. The number of rotatable bonds is 8. The molecule has 9 heteroatoms. The van der Waals surface area contributed by atoms with Crippen molar-refractivity contribution in [3.05, 3.63) is 54.0 Å². The van der Waals surface area contributed by atoms with Crippen molar-refractivity contribution in [1.29, 1.82) is 0 Å². The Morgan fingerprint density at radius 3 is 2.68 bits per heavy atom. The molecule has 2 atom stereocenters. The number of hydrogen-bond donors (Lipinski definition) is 0. The molecule has 5 rings (SSSR count). The number of ether oxygens (including phenoxy) is 2. The van der Waals surface area contributed by atoms with Crippen molar-refractivity contribution in [2.75, 3.05) is 24.6 Å². The van der Waals surface area contributed by atoms with Crippen molar-refractivity contribution >= 4 is 31.0 Å². The maximum absolute atomic E-state index is 13.0. The maximum atomic E-state index is 13.0. The van der Waals surface area contributed by atoms with Crippen LogP contribution in [0.3, 0.4) is 0 Å². The minimum Gasteiger partial charge on any atom is -0.445 e. The van der Waals surface area contributed by atoms with Gasteiger partial charge in [0, 0.05) is 33.5 Å². The monoisotopic (exact) mass is 521 g/mol. The van der Waals surface area contributed by atoms with E-state index >= 15 is 0 Å². The third-order valence-corrected chi connectivity index (χ3v) is 9.32. The molecule has 0 radical (unpaired) electrons. The SMILES string of the molecule is Cc1cc2c(N3CCC4C3CCCN4C(=O)OCc3ccccc3)ncnc2n1COCC[Si](C)(C)C. The Labute approximate surface area is 220 Å². The number of carbonyl (C=O) groups is 1. The number of hydrogen-bond acceptors (Lipinski definition) is 6. The van der Waals surface area contributed by atoms with E-state index in [1.807, 2.05) is 35.2 Å². The highest BCUT2D eigenvalue weighted by atomic mass is 28.3. The summed E-state index contributed by atoms with van der Waals surface area (Å²) in [5, 5.41) is 1.05. The molecule has 0 bridgehead atoms. The van der Waals surface area contributed by atoms with Crippen molar-refractivity contribution in [3.63, 3.8) is 0 Å². The second-order valence-electron chi connectivity index (χ2n) is 11.5. The van der Waals surface area contributed by atoms with Crippen molar-refractivity contribution in [1.82, 2.24) is 19.4 Å². The highest BCUT2D eigenvalue weighted by Crippen LogP contribution is 2.37. The van der Waals surface area contributed by atoms with Crippen LogP contribution in [0.15, 0.2) is 42.7 Å². The number of piperidine rings is 1. The van der Waals surface area contributed by atoms with Crippen LogP contribution >= 0.6 is 0 Å². The van der Waals surface area contributed by atoms with Gasteiger partial charge in [-0.25, -0.2) is 14.8 Å². The molecule has 1 aromatic carbocycles. The lowest BCUT2D eigenvalue weighted by molar-refractivity contribution is 0.0673. The number of aromatic nitrogens is 3. The fourth-order valence-corrected chi connectivity index (χ4v) is 6.34. The van der Waals surface area contributed by atoms with Gasteiger partial charge in [-0.2, -0.15) is 0 Å². The Balaban J connectivity index is 1.29. The van der Waals surface area contributed by atoms with Gasteiger partial charge in [-0.1, -0.05) is 50.0 Å². The number of likely N-dealkylation sites (tertiary alicyclic amines) is 1. The molecule has 0 saturated carbocycles. The van der Waals surface area contributed by atoms with Crippen LogP contribution in [0, 0.1) is 6.92 Å². The first kappa shape index (κ1) is 25.7. The summed E-state index contributed by atoms with van der Waals surface area (Å²) in [7, 11) is -1.13. The predicted octanol–water partition coefficient (Wildman–Crippen LogP) is 5.43. The minimum atomic E-state index is -1.13. The molecule has 2 saturated heterocycles. The summed E-state index contributed by atoms with van der Waals surface area (Å²) in [6.07, 6.45) is 4.36.